The van der Waals surface area contributed by atoms with E-state index in [-0.39, 0.29) is 12.1 Å². The summed E-state index contributed by atoms with van der Waals surface area (Å²) in [6.45, 7) is 5.42. The Hall–Kier alpha value is -0.910. The van der Waals surface area contributed by atoms with Crippen LogP contribution in [-0.2, 0) is 11.3 Å². The van der Waals surface area contributed by atoms with E-state index in [4.69, 9.17) is 10.5 Å². The fourth-order valence-corrected chi connectivity index (χ4v) is 2.48. The van der Waals surface area contributed by atoms with Gasteiger partial charge in [0.05, 0.1) is 30.8 Å². The summed E-state index contributed by atoms with van der Waals surface area (Å²) >= 11 is 0. The molecule has 0 aromatic carbocycles. The Morgan fingerprint density at radius 2 is 2.41 bits per heavy atom. The van der Waals surface area contributed by atoms with Gasteiger partial charge < -0.3 is 15.0 Å². The Balaban J connectivity index is 2.24. The number of hydrogen-bond donors (Lipinski definition) is 1. The first kappa shape index (κ1) is 12.5. The van der Waals surface area contributed by atoms with Crippen molar-refractivity contribution in [2.45, 2.75) is 32.0 Å². The molecule has 0 radical (unpaired) electrons. The number of nitrogens with two attached hydrogens (primary N) is 1. The Bertz CT molecular complexity index is 352. The summed E-state index contributed by atoms with van der Waals surface area (Å²) in [5.74, 6) is 0. The van der Waals surface area contributed by atoms with E-state index in [0.717, 1.165) is 26.1 Å². The van der Waals surface area contributed by atoms with Gasteiger partial charge in [0.25, 0.3) is 0 Å². The highest BCUT2D eigenvalue weighted by atomic mass is 16.5. The molecule has 0 aliphatic carbocycles. The van der Waals surface area contributed by atoms with Crippen molar-refractivity contribution in [3.8, 4) is 0 Å². The van der Waals surface area contributed by atoms with Crippen LogP contribution >= 0.6 is 0 Å². The first-order valence-electron chi connectivity index (χ1n) is 6.29. The number of imidazole rings is 1. The van der Waals surface area contributed by atoms with Crippen molar-refractivity contribution >= 4 is 0 Å². The Morgan fingerprint density at radius 1 is 1.59 bits per heavy atom. The average Bonchev–Trinajstić information content (AvgIpc) is 2.77. The van der Waals surface area contributed by atoms with E-state index in [2.05, 4.69) is 28.4 Å². The number of morpholine rings is 1. The SMILES string of the molecule is CCCn1cncc1C1C(CN)OCCN1C. The molecule has 2 unspecified atom stereocenters. The molecule has 17 heavy (non-hydrogen) atoms. The maximum absolute atomic E-state index is 5.80. The minimum absolute atomic E-state index is 0.0704. The fourth-order valence-electron chi connectivity index (χ4n) is 2.48. The van der Waals surface area contributed by atoms with Crippen molar-refractivity contribution in [1.82, 2.24) is 14.5 Å². The van der Waals surface area contributed by atoms with Gasteiger partial charge in [0, 0.05) is 25.8 Å². The molecule has 1 aromatic rings. The molecule has 2 N–H and O–H groups in total. The van der Waals surface area contributed by atoms with Gasteiger partial charge in [-0.25, -0.2) is 4.98 Å². The Morgan fingerprint density at radius 3 is 3.12 bits per heavy atom. The summed E-state index contributed by atoms with van der Waals surface area (Å²) in [6, 6.07) is 0.225. The van der Waals surface area contributed by atoms with Crippen molar-refractivity contribution in [2.24, 2.45) is 5.73 Å². The topological polar surface area (TPSA) is 56.3 Å². The zero-order chi connectivity index (χ0) is 12.3. The molecule has 0 amide bonds. The molecule has 1 saturated heterocycles. The van der Waals surface area contributed by atoms with Gasteiger partial charge >= 0.3 is 0 Å². The van der Waals surface area contributed by atoms with Crippen LogP contribution in [-0.4, -0.2) is 47.3 Å². The van der Waals surface area contributed by atoms with Gasteiger partial charge in [-0.3, -0.25) is 4.90 Å². The van der Waals surface area contributed by atoms with Crippen LogP contribution < -0.4 is 5.73 Å². The lowest BCUT2D eigenvalue weighted by molar-refractivity contribution is -0.0600. The zero-order valence-electron chi connectivity index (χ0n) is 10.7. The monoisotopic (exact) mass is 238 g/mol. The van der Waals surface area contributed by atoms with Crippen LogP contribution in [0.5, 0.6) is 0 Å². The van der Waals surface area contributed by atoms with E-state index in [0.29, 0.717) is 6.54 Å². The number of rotatable bonds is 4. The van der Waals surface area contributed by atoms with Gasteiger partial charge in [-0.15, -0.1) is 0 Å². The number of aromatic nitrogens is 2. The molecule has 1 aromatic heterocycles. The Labute approximate surface area is 103 Å². The third-order valence-corrected chi connectivity index (χ3v) is 3.35. The van der Waals surface area contributed by atoms with Crippen LogP contribution in [0.15, 0.2) is 12.5 Å². The van der Waals surface area contributed by atoms with Gasteiger partial charge in [-0.2, -0.15) is 0 Å². The second kappa shape index (κ2) is 5.62. The molecule has 0 bridgehead atoms. The summed E-state index contributed by atoms with van der Waals surface area (Å²) in [5.41, 5.74) is 7.02. The van der Waals surface area contributed by atoms with E-state index in [9.17, 15) is 0 Å². The summed E-state index contributed by atoms with van der Waals surface area (Å²) in [4.78, 5) is 6.57. The molecule has 2 rings (SSSR count). The van der Waals surface area contributed by atoms with E-state index in [1.807, 2.05) is 12.5 Å². The van der Waals surface area contributed by atoms with Crippen LogP contribution in [0.1, 0.15) is 25.1 Å². The quantitative estimate of drug-likeness (QED) is 0.835. The maximum Gasteiger partial charge on any atom is 0.0948 e. The van der Waals surface area contributed by atoms with E-state index >= 15 is 0 Å². The number of nitrogens with zero attached hydrogens (tertiary/aromatic N) is 3. The first-order chi connectivity index (χ1) is 8.27. The van der Waals surface area contributed by atoms with Crippen LogP contribution in [0.2, 0.25) is 0 Å². The molecule has 0 spiro atoms. The number of ether oxygens (including phenoxy) is 1. The molecule has 0 saturated carbocycles. The molecule has 1 aliphatic rings. The lowest BCUT2D eigenvalue weighted by Crippen LogP contribution is -2.47. The molecule has 5 heteroatoms. The minimum atomic E-state index is 0.0704. The van der Waals surface area contributed by atoms with Crippen LogP contribution in [0, 0.1) is 0 Å². The molecule has 1 aliphatic heterocycles. The number of likely N-dealkylation sites (N-methyl/N-ethyl adjacent to an activating group) is 1. The molecule has 96 valence electrons. The number of hydrogen-bond acceptors (Lipinski definition) is 4. The third kappa shape index (κ3) is 2.51. The second-order valence-electron chi connectivity index (χ2n) is 4.58. The minimum Gasteiger partial charge on any atom is -0.374 e. The number of aryl methyl sites for hydroxylation is 1. The first-order valence-corrected chi connectivity index (χ1v) is 6.29. The lowest BCUT2D eigenvalue weighted by Gasteiger charge is -2.38. The Kier molecular flexibility index (Phi) is 4.15. The third-order valence-electron chi connectivity index (χ3n) is 3.35. The van der Waals surface area contributed by atoms with Crippen LogP contribution in [0.4, 0.5) is 0 Å². The van der Waals surface area contributed by atoms with Crippen molar-refractivity contribution in [3.63, 3.8) is 0 Å². The van der Waals surface area contributed by atoms with E-state index in [1.54, 1.807) is 0 Å². The highest BCUT2D eigenvalue weighted by Gasteiger charge is 2.32. The van der Waals surface area contributed by atoms with Crippen LogP contribution in [0.25, 0.3) is 0 Å². The summed E-state index contributed by atoms with van der Waals surface area (Å²) in [6.07, 6.45) is 5.01. The molecular weight excluding hydrogens is 216 g/mol. The van der Waals surface area contributed by atoms with E-state index < -0.39 is 0 Å². The normalized spacial score (nSPS) is 26.3. The summed E-state index contributed by atoms with van der Waals surface area (Å²) in [5, 5.41) is 0. The van der Waals surface area contributed by atoms with Gasteiger partial charge in [0.15, 0.2) is 0 Å². The lowest BCUT2D eigenvalue weighted by atomic mass is 10.0. The summed E-state index contributed by atoms with van der Waals surface area (Å²) < 4.78 is 7.97. The zero-order valence-corrected chi connectivity index (χ0v) is 10.7. The highest BCUT2D eigenvalue weighted by molar-refractivity contribution is 5.09. The summed E-state index contributed by atoms with van der Waals surface area (Å²) in [7, 11) is 2.12. The van der Waals surface area contributed by atoms with Gasteiger partial charge in [-0.1, -0.05) is 6.92 Å². The van der Waals surface area contributed by atoms with Crippen LogP contribution in [0.3, 0.4) is 0 Å². The molecule has 1 fully saturated rings. The van der Waals surface area contributed by atoms with Crippen molar-refractivity contribution in [3.05, 3.63) is 18.2 Å². The van der Waals surface area contributed by atoms with Crippen molar-refractivity contribution in [2.75, 3.05) is 26.7 Å². The second-order valence-corrected chi connectivity index (χ2v) is 4.58. The molecule has 2 heterocycles. The van der Waals surface area contributed by atoms with Gasteiger partial charge in [0.1, 0.15) is 0 Å². The molecular formula is C12H22N4O. The molecule has 5 nitrogen and oxygen atoms in total. The average molecular weight is 238 g/mol. The molecule has 2 atom stereocenters. The predicted molar refractivity (Wildman–Crippen MR) is 66.7 cm³/mol. The predicted octanol–water partition coefficient (Wildman–Crippen LogP) is 0.624. The van der Waals surface area contributed by atoms with Crippen molar-refractivity contribution in [1.29, 1.82) is 0 Å². The van der Waals surface area contributed by atoms with Gasteiger partial charge in [0.2, 0.25) is 0 Å². The largest absolute Gasteiger partial charge is 0.374 e. The van der Waals surface area contributed by atoms with Gasteiger partial charge in [-0.05, 0) is 13.5 Å². The van der Waals surface area contributed by atoms with E-state index in [1.165, 1.54) is 5.69 Å². The smallest absolute Gasteiger partial charge is 0.0948 e. The van der Waals surface area contributed by atoms with Crippen molar-refractivity contribution < 1.29 is 4.74 Å². The standard InChI is InChI=1S/C12H22N4O/c1-3-4-16-9-14-8-10(16)12-11(7-13)17-6-5-15(12)2/h8-9,11-12H,3-7,13H2,1-2H3. The maximum atomic E-state index is 5.80. The fraction of sp³-hybridized carbons (Fsp3) is 0.750. The highest BCUT2D eigenvalue weighted by Crippen LogP contribution is 2.27.